The van der Waals surface area contributed by atoms with Crippen molar-refractivity contribution in [3.8, 4) is 0 Å². The van der Waals surface area contributed by atoms with Gasteiger partial charge in [0.1, 0.15) is 5.60 Å². The standard InChI is InChI=1S/C15H26N2O6/c1-6-22-13(19)16-11-7-10(12(18)21-5)8-17(9-11)14(20)23-15(2,3)4/h10-11H,6-9H2,1-5H3,(H,16,19)/t10-,11+/m1/s1. The van der Waals surface area contributed by atoms with E-state index in [2.05, 4.69) is 5.32 Å². The summed E-state index contributed by atoms with van der Waals surface area (Å²) in [4.78, 5) is 37.1. The molecule has 8 nitrogen and oxygen atoms in total. The minimum Gasteiger partial charge on any atom is -0.469 e. The number of ether oxygens (including phenoxy) is 3. The van der Waals surface area contributed by atoms with E-state index in [0.29, 0.717) is 6.42 Å². The lowest BCUT2D eigenvalue weighted by molar-refractivity contribution is -0.147. The lowest BCUT2D eigenvalue weighted by Gasteiger charge is -2.37. The molecule has 1 aliphatic rings. The van der Waals surface area contributed by atoms with Gasteiger partial charge in [-0.25, -0.2) is 9.59 Å². The third-order valence-corrected chi connectivity index (χ3v) is 3.23. The van der Waals surface area contributed by atoms with Crippen molar-refractivity contribution in [1.29, 1.82) is 0 Å². The monoisotopic (exact) mass is 330 g/mol. The van der Waals surface area contributed by atoms with Crippen LogP contribution in [0, 0.1) is 5.92 Å². The number of carbonyl (C=O) groups is 3. The molecule has 1 saturated heterocycles. The molecule has 1 rings (SSSR count). The van der Waals surface area contributed by atoms with Crippen LogP contribution in [0.3, 0.4) is 0 Å². The first kappa shape index (κ1) is 19.1. The summed E-state index contributed by atoms with van der Waals surface area (Å²) in [7, 11) is 1.29. The van der Waals surface area contributed by atoms with E-state index in [1.807, 2.05) is 0 Å². The Morgan fingerprint density at radius 1 is 1.22 bits per heavy atom. The number of methoxy groups -OCH3 is 1. The van der Waals surface area contributed by atoms with Gasteiger partial charge < -0.3 is 24.4 Å². The molecule has 23 heavy (non-hydrogen) atoms. The number of carbonyl (C=O) groups excluding carboxylic acids is 3. The molecule has 132 valence electrons. The minimum atomic E-state index is -0.640. The molecule has 2 amide bonds. The Bertz CT molecular complexity index is 446. The van der Waals surface area contributed by atoms with Gasteiger partial charge in [-0.15, -0.1) is 0 Å². The third kappa shape index (κ3) is 6.33. The van der Waals surface area contributed by atoms with Crippen LogP contribution in [0.1, 0.15) is 34.1 Å². The van der Waals surface area contributed by atoms with Gasteiger partial charge in [0.05, 0.1) is 25.7 Å². The molecule has 0 aromatic rings. The summed E-state index contributed by atoms with van der Waals surface area (Å²) in [5, 5.41) is 2.66. The molecule has 1 aliphatic heterocycles. The largest absolute Gasteiger partial charge is 0.469 e. The van der Waals surface area contributed by atoms with Crippen molar-refractivity contribution >= 4 is 18.2 Å². The summed E-state index contributed by atoms with van der Waals surface area (Å²) in [6.07, 6.45) is -0.723. The third-order valence-electron chi connectivity index (χ3n) is 3.23. The molecule has 0 aliphatic carbocycles. The number of hydrogen-bond donors (Lipinski definition) is 1. The van der Waals surface area contributed by atoms with E-state index in [-0.39, 0.29) is 19.7 Å². The number of likely N-dealkylation sites (tertiary alicyclic amines) is 1. The van der Waals surface area contributed by atoms with Crippen LogP contribution in [0.4, 0.5) is 9.59 Å². The molecule has 0 spiro atoms. The Morgan fingerprint density at radius 3 is 2.39 bits per heavy atom. The van der Waals surface area contributed by atoms with Gasteiger partial charge in [-0.2, -0.15) is 0 Å². The fraction of sp³-hybridized carbons (Fsp3) is 0.800. The zero-order chi connectivity index (χ0) is 17.6. The molecule has 0 saturated carbocycles. The highest BCUT2D eigenvalue weighted by atomic mass is 16.6. The molecule has 8 heteroatoms. The Labute approximate surface area is 136 Å². The van der Waals surface area contributed by atoms with E-state index < -0.39 is 35.7 Å². The van der Waals surface area contributed by atoms with Gasteiger partial charge in [-0.05, 0) is 34.1 Å². The van der Waals surface area contributed by atoms with E-state index in [1.54, 1.807) is 27.7 Å². The molecule has 0 unspecified atom stereocenters. The second-order valence-corrected chi connectivity index (χ2v) is 6.40. The quantitative estimate of drug-likeness (QED) is 0.623. The molecule has 0 aromatic carbocycles. The van der Waals surface area contributed by atoms with Gasteiger partial charge in [-0.3, -0.25) is 4.79 Å². The molecule has 1 fully saturated rings. The number of piperidine rings is 1. The van der Waals surface area contributed by atoms with E-state index in [0.717, 1.165) is 0 Å². The average molecular weight is 330 g/mol. The highest BCUT2D eigenvalue weighted by molar-refractivity contribution is 5.75. The number of hydrogen-bond acceptors (Lipinski definition) is 6. The van der Waals surface area contributed by atoms with Gasteiger partial charge in [0.25, 0.3) is 0 Å². The van der Waals surface area contributed by atoms with E-state index in [4.69, 9.17) is 14.2 Å². The number of nitrogens with zero attached hydrogens (tertiary/aromatic N) is 1. The molecular weight excluding hydrogens is 304 g/mol. The second-order valence-electron chi connectivity index (χ2n) is 6.40. The summed E-state index contributed by atoms with van der Waals surface area (Å²) in [6, 6.07) is -0.403. The Kier molecular flexibility index (Phi) is 6.65. The maximum atomic E-state index is 12.2. The smallest absolute Gasteiger partial charge is 0.410 e. The van der Waals surface area contributed by atoms with Crippen molar-refractivity contribution in [1.82, 2.24) is 10.2 Å². The Hall–Kier alpha value is -1.99. The SMILES string of the molecule is CCOC(=O)N[C@H]1C[C@@H](C(=O)OC)CN(C(=O)OC(C)(C)C)C1. The fourth-order valence-electron chi connectivity index (χ4n) is 2.36. The maximum Gasteiger partial charge on any atom is 0.410 e. The predicted molar refractivity (Wildman–Crippen MR) is 81.9 cm³/mol. The normalized spacial score (nSPS) is 21.3. The number of amides is 2. The number of nitrogens with one attached hydrogen (secondary N) is 1. The predicted octanol–water partition coefficient (Wildman–Crippen LogP) is 1.53. The summed E-state index contributed by atoms with van der Waals surface area (Å²) < 4.78 is 14.9. The highest BCUT2D eigenvalue weighted by Gasteiger charge is 2.37. The molecule has 0 bridgehead atoms. The van der Waals surface area contributed by atoms with Crippen molar-refractivity contribution in [3.05, 3.63) is 0 Å². The Morgan fingerprint density at radius 2 is 1.87 bits per heavy atom. The molecular formula is C15H26N2O6. The fourth-order valence-corrected chi connectivity index (χ4v) is 2.36. The van der Waals surface area contributed by atoms with Crippen molar-refractivity contribution < 1.29 is 28.6 Å². The first-order chi connectivity index (χ1) is 10.7. The number of alkyl carbamates (subject to hydrolysis) is 1. The zero-order valence-electron chi connectivity index (χ0n) is 14.4. The van der Waals surface area contributed by atoms with Crippen LogP contribution in [0.15, 0.2) is 0 Å². The van der Waals surface area contributed by atoms with Gasteiger partial charge in [0.15, 0.2) is 0 Å². The van der Waals surface area contributed by atoms with Crippen LogP contribution < -0.4 is 5.32 Å². The zero-order valence-corrected chi connectivity index (χ0v) is 14.4. The first-order valence-corrected chi connectivity index (χ1v) is 7.65. The summed E-state index contributed by atoms with van der Waals surface area (Å²) >= 11 is 0. The van der Waals surface area contributed by atoms with Crippen molar-refractivity contribution in [2.45, 2.75) is 45.8 Å². The maximum absolute atomic E-state index is 12.2. The summed E-state index contributed by atoms with van der Waals surface area (Å²) in [5.41, 5.74) is -0.640. The average Bonchev–Trinajstić information content (AvgIpc) is 2.44. The van der Waals surface area contributed by atoms with Crippen LogP contribution in [-0.2, 0) is 19.0 Å². The van der Waals surface area contributed by atoms with E-state index >= 15 is 0 Å². The topological polar surface area (TPSA) is 94.2 Å². The minimum absolute atomic E-state index is 0.197. The molecule has 0 aromatic heterocycles. The number of rotatable bonds is 3. The van der Waals surface area contributed by atoms with Crippen molar-refractivity contribution in [2.24, 2.45) is 5.92 Å². The highest BCUT2D eigenvalue weighted by Crippen LogP contribution is 2.21. The van der Waals surface area contributed by atoms with E-state index in [1.165, 1.54) is 12.0 Å². The Balaban J connectivity index is 2.79. The van der Waals surface area contributed by atoms with Crippen LogP contribution in [0.5, 0.6) is 0 Å². The van der Waals surface area contributed by atoms with Crippen LogP contribution in [-0.4, -0.2) is 61.5 Å². The van der Waals surface area contributed by atoms with Crippen LogP contribution in [0.2, 0.25) is 0 Å². The molecule has 2 atom stereocenters. The van der Waals surface area contributed by atoms with Gasteiger partial charge in [0, 0.05) is 13.1 Å². The number of esters is 1. The molecule has 1 N–H and O–H groups in total. The summed E-state index contributed by atoms with van der Waals surface area (Å²) in [6.45, 7) is 7.69. The van der Waals surface area contributed by atoms with E-state index in [9.17, 15) is 14.4 Å². The van der Waals surface area contributed by atoms with Crippen LogP contribution >= 0.6 is 0 Å². The van der Waals surface area contributed by atoms with Gasteiger partial charge in [-0.1, -0.05) is 0 Å². The van der Waals surface area contributed by atoms with Gasteiger partial charge in [0.2, 0.25) is 0 Å². The molecule has 1 heterocycles. The lowest BCUT2D eigenvalue weighted by Crippen LogP contribution is -2.55. The van der Waals surface area contributed by atoms with Gasteiger partial charge >= 0.3 is 18.2 Å². The molecule has 0 radical (unpaired) electrons. The second kappa shape index (κ2) is 8.03. The lowest BCUT2D eigenvalue weighted by atomic mass is 9.94. The van der Waals surface area contributed by atoms with Crippen molar-refractivity contribution in [2.75, 3.05) is 26.8 Å². The first-order valence-electron chi connectivity index (χ1n) is 7.65. The van der Waals surface area contributed by atoms with Crippen molar-refractivity contribution in [3.63, 3.8) is 0 Å². The van der Waals surface area contributed by atoms with Crippen LogP contribution in [0.25, 0.3) is 0 Å². The summed E-state index contributed by atoms with van der Waals surface area (Å²) in [5.74, 6) is -0.942.